The van der Waals surface area contributed by atoms with Crippen molar-refractivity contribution in [2.75, 3.05) is 7.05 Å². The van der Waals surface area contributed by atoms with Crippen LogP contribution in [0.3, 0.4) is 0 Å². The molecular weight excluding hydrogens is 310 g/mol. The fraction of sp³-hybridized carbons (Fsp3) is 0.143. The maximum atomic E-state index is 12.4. The monoisotopic (exact) mass is 321 g/mol. The average Bonchev–Trinajstić information content (AvgIpc) is 2.50. The van der Waals surface area contributed by atoms with Crippen LogP contribution in [-0.4, -0.2) is 24.8 Å². The van der Waals surface area contributed by atoms with Crippen LogP contribution in [0.4, 0.5) is 0 Å². The lowest BCUT2D eigenvalue weighted by molar-refractivity contribution is 0.466. The molecule has 2 aromatic rings. The van der Waals surface area contributed by atoms with Crippen molar-refractivity contribution in [1.29, 1.82) is 5.26 Å². The summed E-state index contributed by atoms with van der Waals surface area (Å²) in [6.07, 6.45) is 2.81. The van der Waals surface area contributed by atoms with Crippen LogP contribution in [0.15, 0.2) is 47.6 Å². The lowest BCUT2D eigenvalue weighted by atomic mass is 10.1. The van der Waals surface area contributed by atoms with Gasteiger partial charge in [0.1, 0.15) is 4.90 Å². The van der Waals surface area contributed by atoms with E-state index in [9.17, 15) is 8.42 Å². The number of sulfonamides is 1. The highest BCUT2D eigenvalue weighted by Crippen LogP contribution is 2.22. The molecule has 0 N–H and O–H groups in total. The van der Waals surface area contributed by atoms with Gasteiger partial charge in [0.05, 0.1) is 11.6 Å². The molecule has 0 amide bonds. The Hall–Kier alpha value is -1.94. The second-order valence-corrected chi connectivity index (χ2v) is 6.82. The van der Waals surface area contributed by atoms with Gasteiger partial charge in [0.15, 0.2) is 0 Å². The van der Waals surface area contributed by atoms with Crippen molar-refractivity contribution in [1.82, 2.24) is 9.29 Å². The van der Waals surface area contributed by atoms with Crippen molar-refractivity contribution in [3.8, 4) is 6.07 Å². The van der Waals surface area contributed by atoms with Gasteiger partial charge in [-0.3, -0.25) is 4.98 Å². The number of pyridine rings is 1. The summed E-state index contributed by atoms with van der Waals surface area (Å²) in [7, 11) is -2.15. The van der Waals surface area contributed by atoms with Crippen molar-refractivity contribution in [2.24, 2.45) is 0 Å². The molecule has 0 aliphatic rings. The third kappa shape index (κ3) is 3.39. The van der Waals surface area contributed by atoms with E-state index in [0.29, 0.717) is 16.1 Å². The van der Waals surface area contributed by atoms with Crippen LogP contribution in [0.1, 0.15) is 11.1 Å². The predicted molar refractivity (Wildman–Crippen MR) is 79.1 cm³/mol. The Bertz CT molecular complexity index is 786. The molecule has 0 radical (unpaired) electrons. The third-order valence-corrected chi connectivity index (χ3v) is 5.06. The number of aromatic nitrogens is 1. The molecule has 2 rings (SSSR count). The molecule has 0 saturated carbocycles. The third-order valence-electron chi connectivity index (χ3n) is 2.92. The number of nitrogens with zero attached hydrogens (tertiary/aromatic N) is 3. The van der Waals surface area contributed by atoms with E-state index in [-0.39, 0.29) is 11.4 Å². The number of nitriles is 1. The molecule has 0 bridgehead atoms. The molecule has 0 aliphatic heterocycles. The molecule has 0 aliphatic carbocycles. The topological polar surface area (TPSA) is 74.1 Å². The van der Waals surface area contributed by atoms with Crippen LogP contribution in [0.25, 0.3) is 0 Å². The van der Waals surface area contributed by atoms with Gasteiger partial charge in [-0.15, -0.1) is 0 Å². The van der Waals surface area contributed by atoms with Crippen LogP contribution in [0.5, 0.6) is 0 Å². The summed E-state index contributed by atoms with van der Waals surface area (Å²) in [5.41, 5.74) is 1.06. The van der Waals surface area contributed by atoms with Crippen LogP contribution in [0, 0.1) is 11.3 Å². The number of benzene rings is 1. The van der Waals surface area contributed by atoms with Gasteiger partial charge >= 0.3 is 0 Å². The van der Waals surface area contributed by atoms with Gasteiger partial charge in [-0.25, -0.2) is 8.42 Å². The molecule has 108 valence electrons. The lowest BCUT2D eigenvalue weighted by Crippen LogP contribution is -2.26. The lowest BCUT2D eigenvalue weighted by Gasteiger charge is -2.17. The fourth-order valence-corrected chi connectivity index (χ4v) is 3.10. The Morgan fingerprint density at radius 3 is 2.71 bits per heavy atom. The molecule has 0 fully saturated rings. The van der Waals surface area contributed by atoms with Gasteiger partial charge in [-0.05, 0) is 29.8 Å². The van der Waals surface area contributed by atoms with E-state index < -0.39 is 10.0 Å². The number of halogens is 1. The molecule has 1 aromatic carbocycles. The molecular formula is C14H12ClN3O2S. The second kappa shape index (κ2) is 6.22. The van der Waals surface area contributed by atoms with E-state index in [2.05, 4.69) is 4.98 Å². The van der Waals surface area contributed by atoms with Gasteiger partial charge in [0, 0.05) is 31.0 Å². The Labute approximate surface area is 128 Å². The van der Waals surface area contributed by atoms with E-state index in [0.717, 1.165) is 0 Å². The SMILES string of the molecule is CN(Cc1ccc(C#N)cc1Cl)S(=O)(=O)c1cccnc1. The predicted octanol–water partition coefficient (Wildman–Crippen LogP) is 2.43. The van der Waals surface area contributed by atoms with Gasteiger partial charge < -0.3 is 0 Å². The first-order valence-corrected chi connectivity index (χ1v) is 7.82. The van der Waals surface area contributed by atoms with Crippen molar-refractivity contribution < 1.29 is 8.42 Å². The molecule has 1 heterocycles. The first-order chi connectivity index (χ1) is 9.95. The van der Waals surface area contributed by atoms with Crippen molar-refractivity contribution in [3.63, 3.8) is 0 Å². The molecule has 0 atom stereocenters. The highest BCUT2D eigenvalue weighted by atomic mass is 35.5. The minimum absolute atomic E-state index is 0.113. The van der Waals surface area contributed by atoms with Gasteiger partial charge in [-0.1, -0.05) is 17.7 Å². The van der Waals surface area contributed by atoms with Crippen molar-refractivity contribution in [2.45, 2.75) is 11.4 Å². The minimum atomic E-state index is -3.62. The second-order valence-electron chi connectivity index (χ2n) is 4.37. The fourth-order valence-electron chi connectivity index (χ4n) is 1.75. The smallest absolute Gasteiger partial charge is 0.244 e. The molecule has 5 nitrogen and oxygen atoms in total. The Morgan fingerprint density at radius 1 is 1.38 bits per heavy atom. The molecule has 0 unspecified atom stereocenters. The Morgan fingerprint density at radius 2 is 2.14 bits per heavy atom. The maximum absolute atomic E-state index is 12.4. The van der Waals surface area contributed by atoms with E-state index in [1.54, 1.807) is 18.2 Å². The molecule has 7 heteroatoms. The Balaban J connectivity index is 2.26. The number of hydrogen-bond donors (Lipinski definition) is 0. The van der Waals surface area contributed by atoms with Gasteiger partial charge in [0.2, 0.25) is 10.0 Å². The summed E-state index contributed by atoms with van der Waals surface area (Å²) in [6, 6.07) is 9.80. The number of rotatable bonds is 4. The zero-order valence-corrected chi connectivity index (χ0v) is 12.8. The van der Waals surface area contributed by atoms with Crippen molar-refractivity contribution in [3.05, 3.63) is 58.9 Å². The largest absolute Gasteiger partial charge is 0.263 e. The van der Waals surface area contributed by atoms with Gasteiger partial charge in [-0.2, -0.15) is 9.57 Å². The first-order valence-electron chi connectivity index (χ1n) is 6.00. The average molecular weight is 322 g/mol. The summed E-state index contributed by atoms with van der Waals surface area (Å²) in [5, 5.41) is 9.15. The normalized spacial score (nSPS) is 11.3. The summed E-state index contributed by atoms with van der Waals surface area (Å²) in [5.74, 6) is 0. The van der Waals surface area contributed by atoms with Crippen LogP contribution < -0.4 is 0 Å². The summed E-state index contributed by atoms with van der Waals surface area (Å²) < 4.78 is 25.9. The first kappa shape index (κ1) is 15.4. The van der Waals surface area contributed by atoms with Crippen LogP contribution in [0.2, 0.25) is 5.02 Å². The minimum Gasteiger partial charge on any atom is -0.263 e. The zero-order chi connectivity index (χ0) is 15.5. The summed E-state index contributed by atoms with van der Waals surface area (Å²) >= 11 is 6.06. The number of hydrogen-bond acceptors (Lipinski definition) is 4. The highest BCUT2D eigenvalue weighted by Gasteiger charge is 2.21. The quantitative estimate of drug-likeness (QED) is 0.866. The van der Waals surface area contributed by atoms with E-state index >= 15 is 0 Å². The molecule has 0 spiro atoms. The Kier molecular flexibility index (Phi) is 4.58. The van der Waals surface area contributed by atoms with Gasteiger partial charge in [0.25, 0.3) is 0 Å². The van der Waals surface area contributed by atoms with Crippen LogP contribution >= 0.6 is 11.6 Å². The molecule has 21 heavy (non-hydrogen) atoms. The van der Waals surface area contributed by atoms with E-state index in [4.69, 9.17) is 16.9 Å². The summed E-state index contributed by atoms with van der Waals surface area (Å²) in [4.78, 5) is 3.94. The zero-order valence-electron chi connectivity index (χ0n) is 11.2. The van der Waals surface area contributed by atoms with E-state index in [1.165, 1.54) is 35.9 Å². The molecule has 1 aromatic heterocycles. The van der Waals surface area contributed by atoms with Crippen molar-refractivity contribution >= 4 is 21.6 Å². The maximum Gasteiger partial charge on any atom is 0.244 e. The van der Waals surface area contributed by atoms with Crippen LogP contribution in [-0.2, 0) is 16.6 Å². The highest BCUT2D eigenvalue weighted by molar-refractivity contribution is 7.89. The van der Waals surface area contributed by atoms with E-state index in [1.807, 2.05) is 6.07 Å². The molecule has 0 saturated heterocycles. The summed E-state index contributed by atoms with van der Waals surface area (Å²) in [6.45, 7) is 0.113. The standard InChI is InChI=1S/C14H12ClN3O2S/c1-18(21(19,20)13-3-2-6-17-9-13)10-12-5-4-11(8-16)7-14(12)15/h2-7,9H,10H2,1H3.